The molecule has 120 valence electrons. The predicted molar refractivity (Wildman–Crippen MR) is 86.1 cm³/mol. The predicted octanol–water partition coefficient (Wildman–Crippen LogP) is 2.71. The fourth-order valence-electron chi connectivity index (χ4n) is 2.86. The van der Waals surface area contributed by atoms with Crippen molar-refractivity contribution in [3.63, 3.8) is 0 Å². The summed E-state index contributed by atoms with van der Waals surface area (Å²) in [6, 6.07) is 13.2. The Hall–Kier alpha value is -2.40. The third-order valence-electron chi connectivity index (χ3n) is 4.07. The van der Waals surface area contributed by atoms with Gasteiger partial charge in [0.15, 0.2) is 0 Å². The highest BCUT2D eigenvalue weighted by atomic mass is 16.5. The molecule has 0 saturated carbocycles. The molecule has 2 heterocycles. The van der Waals surface area contributed by atoms with E-state index in [9.17, 15) is 9.90 Å². The van der Waals surface area contributed by atoms with E-state index in [1.54, 1.807) is 6.20 Å². The summed E-state index contributed by atoms with van der Waals surface area (Å²) in [5.74, 6) is 0.0634. The van der Waals surface area contributed by atoms with Crippen molar-refractivity contribution < 1.29 is 14.6 Å². The normalized spacial score (nSPS) is 18.0. The Morgan fingerprint density at radius 2 is 2.09 bits per heavy atom. The van der Waals surface area contributed by atoms with E-state index in [1.807, 2.05) is 47.4 Å². The first-order chi connectivity index (χ1) is 11.2. The van der Waals surface area contributed by atoms with Crippen molar-refractivity contribution in [1.82, 2.24) is 9.88 Å². The van der Waals surface area contributed by atoms with E-state index in [-0.39, 0.29) is 6.04 Å². The highest BCUT2D eigenvalue weighted by Crippen LogP contribution is 2.21. The number of carbonyl (C=O) groups is 1. The van der Waals surface area contributed by atoms with Crippen molar-refractivity contribution >= 4 is 5.97 Å². The Morgan fingerprint density at radius 3 is 2.78 bits per heavy atom. The Labute approximate surface area is 135 Å². The summed E-state index contributed by atoms with van der Waals surface area (Å²) < 4.78 is 5.71. The maximum atomic E-state index is 11.2. The fourth-order valence-corrected chi connectivity index (χ4v) is 2.86. The van der Waals surface area contributed by atoms with Gasteiger partial charge in [0.05, 0.1) is 5.69 Å². The van der Waals surface area contributed by atoms with E-state index < -0.39 is 5.97 Å². The topological polar surface area (TPSA) is 62.7 Å². The number of rotatable bonds is 6. The molecule has 2 aromatic rings. The van der Waals surface area contributed by atoms with Crippen molar-refractivity contribution in [3.05, 3.63) is 59.9 Å². The van der Waals surface area contributed by atoms with Crippen molar-refractivity contribution in [2.45, 2.75) is 32.0 Å². The lowest BCUT2D eigenvalue weighted by Crippen LogP contribution is -2.35. The van der Waals surface area contributed by atoms with E-state index in [0.29, 0.717) is 13.2 Å². The van der Waals surface area contributed by atoms with Crippen LogP contribution in [0.25, 0.3) is 0 Å². The van der Waals surface area contributed by atoms with Crippen LogP contribution in [0.5, 0.6) is 5.75 Å². The van der Waals surface area contributed by atoms with Gasteiger partial charge in [-0.2, -0.15) is 0 Å². The van der Waals surface area contributed by atoms with Crippen LogP contribution in [-0.2, 0) is 17.9 Å². The van der Waals surface area contributed by atoms with Gasteiger partial charge in [-0.3, -0.25) is 14.7 Å². The second-order valence-corrected chi connectivity index (χ2v) is 5.72. The van der Waals surface area contributed by atoms with Gasteiger partial charge in [0.25, 0.3) is 0 Å². The average molecular weight is 312 g/mol. The van der Waals surface area contributed by atoms with Crippen LogP contribution in [0.2, 0.25) is 0 Å². The molecule has 1 aromatic carbocycles. The molecular weight excluding hydrogens is 292 g/mol. The summed E-state index contributed by atoms with van der Waals surface area (Å²) in [5.41, 5.74) is 1.99. The Balaban J connectivity index is 1.56. The van der Waals surface area contributed by atoms with Crippen LogP contribution in [0.15, 0.2) is 48.7 Å². The minimum Gasteiger partial charge on any atom is -0.487 e. The van der Waals surface area contributed by atoms with Gasteiger partial charge >= 0.3 is 5.97 Å². The van der Waals surface area contributed by atoms with Gasteiger partial charge in [-0.05, 0) is 49.2 Å². The molecule has 0 amide bonds. The summed E-state index contributed by atoms with van der Waals surface area (Å²) >= 11 is 0. The van der Waals surface area contributed by atoms with E-state index in [4.69, 9.17) is 4.74 Å². The van der Waals surface area contributed by atoms with Gasteiger partial charge in [0, 0.05) is 12.7 Å². The third-order valence-corrected chi connectivity index (χ3v) is 4.07. The largest absolute Gasteiger partial charge is 0.487 e. The van der Waals surface area contributed by atoms with Gasteiger partial charge < -0.3 is 9.84 Å². The van der Waals surface area contributed by atoms with Crippen LogP contribution in [0.3, 0.4) is 0 Å². The van der Waals surface area contributed by atoms with Gasteiger partial charge in [-0.25, -0.2) is 0 Å². The maximum Gasteiger partial charge on any atom is 0.320 e. The smallest absolute Gasteiger partial charge is 0.320 e. The first kappa shape index (κ1) is 15.5. The monoisotopic (exact) mass is 312 g/mol. The summed E-state index contributed by atoms with van der Waals surface area (Å²) in [6.07, 6.45) is 3.43. The molecule has 1 N–H and O–H groups in total. The molecule has 1 aromatic heterocycles. The SMILES string of the molecule is O=C(O)[C@@H]1CCCN1Cc1ccc(OCc2ccccn2)cc1. The second-order valence-electron chi connectivity index (χ2n) is 5.72. The zero-order valence-electron chi connectivity index (χ0n) is 12.9. The van der Waals surface area contributed by atoms with E-state index in [1.165, 1.54) is 0 Å². The summed E-state index contributed by atoms with van der Waals surface area (Å²) in [4.78, 5) is 17.4. The van der Waals surface area contributed by atoms with Crippen LogP contribution in [0.4, 0.5) is 0 Å². The number of aliphatic carboxylic acids is 1. The molecule has 0 bridgehead atoms. The number of aromatic nitrogens is 1. The van der Waals surface area contributed by atoms with Crippen LogP contribution in [0.1, 0.15) is 24.1 Å². The van der Waals surface area contributed by atoms with Gasteiger partial charge in [0.2, 0.25) is 0 Å². The minimum atomic E-state index is -0.724. The number of hydrogen-bond donors (Lipinski definition) is 1. The summed E-state index contributed by atoms with van der Waals surface area (Å²) in [6.45, 7) is 1.94. The first-order valence-electron chi connectivity index (χ1n) is 7.81. The second kappa shape index (κ2) is 7.24. The van der Waals surface area contributed by atoms with Crippen LogP contribution < -0.4 is 4.74 Å². The summed E-state index contributed by atoms with van der Waals surface area (Å²) in [7, 11) is 0. The molecule has 1 aliphatic heterocycles. The Kier molecular flexibility index (Phi) is 4.88. The molecule has 0 unspecified atom stereocenters. The summed E-state index contributed by atoms with van der Waals surface area (Å²) in [5, 5.41) is 9.22. The van der Waals surface area contributed by atoms with Crippen molar-refractivity contribution in [1.29, 1.82) is 0 Å². The molecule has 0 aliphatic carbocycles. The average Bonchev–Trinajstić information content (AvgIpc) is 3.04. The van der Waals surface area contributed by atoms with Gasteiger partial charge in [-0.15, -0.1) is 0 Å². The number of hydrogen-bond acceptors (Lipinski definition) is 4. The molecule has 1 atom stereocenters. The molecular formula is C18H20N2O3. The zero-order valence-corrected chi connectivity index (χ0v) is 12.9. The molecule has 1 saturated heterocycles. The number of carboxylic acids is 1. The highest BCUT2D eigenvalue weighted by Gasteiger charge is 2.30. The van der Waals surface area contributed by atoms with Crippen molar-refractivity contribution in [2.24, 2.45) is 0 Å². The van der Waals surface area contributed by atoms with Gasteiger partial charge in [-0.1, -0.05) is 18.2 Å². The number of benzene rings is 1. The minimum absolute atomic E-state index is 0.352. The van der Waals surface area contributed by atoms with E-state index >= 15 is 0 Å². The van der Waals surface area contributed by atoms with E-state index in [2.05, 4.69) is 4.98 Å². The molecule has 0 spiro atoms. The molecule has 5 nitrogen and oxygen atoms in total. The maximum absolute atomic E-state index is 11.2. The molecule has 1 aliphatic rings. The quantitative estimate of drug-likeness (QED) is 0.888. The first-order valence-corrected chi connectivity index (χ1v) is 7.81. The van der Waals surface area contributed by atoms with Gasteiger partial charge in [0.1, 0.15) is 18.4 Å². The number of pyridine rings is 1. The van der Waals surface area contributed by atoms with Crippen LogP contribution in [-0.4, -0.2) is 33.5 Å². The number of carboxylic acid groups (broad SMARTS) is 1. The molecule has 3 rings (SSSR count). The van der Waals surface area contributed by atoms with E-state index in [0.717, 1.165) is 36.4 Å². The standard InChI is InChI=1S/C18H20N2O3/c21-18(22)17-5-3-11-20(17)12-14-6-8-16(9-7-14)23-13-15-4-1-2-10-19-15/h1-2,4,6-10,17H,3,5,11-13H2,(H,21,22)/t17-/m0/s1. The zero-order chi connectivity index (χ0) is 16.1. The highest BCUT2D eigenvalue weighted by molar-refractivity contribution is 5.73. The molecule has 23 heavy (non-hydrogen) atoms. The number of likely N-dealkylation sites (tertiary alicyclic amines) is 1. The lowest BCUT2D eigenvalue weighted by Gasteiger charge is -2.21. The lowest BCUT2D eigenvalue weighted by atomic mass is 10.2. The Bertz CT molecular complexity index is 643. The van der Waals surface area contributed by atoms with Crippen LogP contribution >= 0.6 is 0 Å². The molecule has 5 heteroatoms. The molecule has 1 fully saturated rings. The Morgan fingerprint density at radius 1 is 1.26 bits per heavy atom. The number of ether oxygens (including phenoxy) is 1. The number of nitrogens with zero attached hydrogens (tertiary/aromatic N) is 2. The molecule has 0 radical (unpaired) electrons. The van der Waals surface area contributed by atoms with Crippen LogP contribution in [0, 0.1) is 0 Å². The van der Waals surface area contributed by atoms with Crippen molar-refractivity contribution in [3.8, 4) is 5.75 Å². The van der Waals surface area contributed by atoms with Crippen molar-refractivity contribution in [2.75, 3.05) is 6.54 Å². The fraction of sp³-hybridized carbons (Fsp3) is 0.333. The third kappa shape index (κ3) is 4.07. The lowest BCUT2D eigenvalue weighted by molar-refractivity contribution is -0.142.